The van der Waals surface area contributed by atoms with Crippen molar-refractivity contribution < 1.29 is 13.2 Å². The van der Waals surface area contributed by atoms with E-state index in [0.717, 1.165) is 11.8 Å². The first-order chi connectivity index (χ1) is 3.92. The highest BCUT2D eigenvalue weighted by Gasteiger charge is 2.27. The minimum absolute atomic E-state index is 0.0617. The molecule has 0 N–H and O–H groups in total. The molecule has 9 heavy (non-hydrogen) atoms. The molecule has 0 nitrogen and oxygen atoms in total. The van der Waals surface area contributed by atoms with Crippen LogP contribution in [0.3, 0.4) is 0 Å². The van der Waals surface area contributed by atoms with Crippen LogP contribution in [0, 0.1) is 0 Å². The predicted molar refractivity (Wildman–Crippen MR) is 33.6 cm³/mol. The van der Waals surface area contributed by atoms with Crippen LogP contribution in [0.4, 0.5) is 13.2 Å². The minimum Gasteiger partial charge on any atom is -0.170 e. The molecule has 0 saturated carbocycles. The number of halogens is 3. The molecule has 0 aromatic rings. The van der Waals surface area contributed by atoms with E-state index in [-0.39, 0.29) is 5.25 Å². The van der Waals surface area contributed by atoms with E-state index in [9.17, 15) is 13.2 Å². The fourth-order valence-electron chi connectivity index (χ4n) is 0.261. The predicted octanol–water partition coefficient (Wildman–Crippen LogP) is 2.69. The summed E-state index contributed by atoms with van der Waals surface area (Å²) >= 11 is 0.913. The second-order valence-electron chi connectivity index (χ2n) is 1.97. The topological polar surface area (TPSA) is 0 Å². The SMILES string of the molecule is CC(C)SCC(F)(F)F. The van der Waals surface area contributed by atoms with Gasteiger partial charge in [0.15, 0.2) is 0 Å². The molecule has 0 heterocycles. The maximum Gasteiger partial charge on any atom is 0.397 e. The third-order valence-corrected chi connectivity index (χ3v) is 1.74. The monoisotopic (exact) mass is 158 g/mol. The lowest BCUT2D eigenvalue weighted by Gasteiger charge is -2.06. The molecule has 0 aliphatic carbocycles. The van der Waals surface area contributed by atoms with Crippen molar-refractivity contribution in [3.8, 4) is 0 Å². The van der Waals surface area contributed by atoms with Crippen LogP contribution >= 0.6 is 11.8 Å². The highest BCUT2D eigenvalue weighted by Crippen LogP contribution is 2.23. The molecule has 0 radical (unpaired) electrons. The van der Waals surface area contributed by atoms with Crippen molar-refractivity contribution >= 4 is 11.8 Å². The summed E-state index contributed by atoms with van der Waals surface area (Å²) in [5.74, 6) is -0.731. The summed E-state index contributed by atoms with van der Waals surface area (Å²) in [4.78, 5) is 0. The van der Waals surface area contributed by atoms with Crippen molar-refractivity contribution in [2.75, 3.05) is 5.75 Å². The van der Waals surface area contributed by atoms with Gasteiger partial charge in [0.05, 0.1) is 5.75 Å². The third-order valence-electron chi connectivity index (χ3n) is 0.580. The third kappa shape index (κ3) is 8.14. The van der Waals surface area contributed by atoms with E-state index in [4.69, 9.17) is 0 Å². The Balaban J connectivity index is 3.28. The maximum atomic E-state index is 11.4. The first-order valence-corrected chi connectivity index (χ1v) is 3.65. The molecule has 0 aromatic heterocycles. The van der Waals surface area contributed by atoms with Crippen LogP contribution in [-0.2, 0) is 0 Å². The molecule has 0 bridgehead atoms. The van der Waals surface area contributed by atoms with E-state index < -0.39 is 11.9 Å². The van der Waals surface area contributed by atoms with Gasteiger partial charge in [0.25, 0.3) is 0 Å². The Bertz CT molecular complexity index is 76.8. The van der Waals surface area contributed by atoms with E-state index in [1.807, 2.05) is 0 Å². The Morgan fingerprint density at radius 2 is 1.78 bits per heavy atom. The summed E-state index contributed by atoms with van der Waals surface area (Å²) in [5, 5.41) is 0.0617. The van der Waals surface area contributed by atoms with Gasteiger partial charge in [-0.15, -0.1) is 11.8 Å². The molecule has 0 spiro atoms. The summed E-state index contributed by atoms with van der Waals surface area (Å²) < 4.78 is 34.2. The van der Waals surface area contributed by atoms with Gasteiger partial charge in [0.2, 0.25) is 0 Å². The molecule has 0 saturated heterocycles. The highest BCUT2D eigenvalue weighted by molar-refractivity contribution is 7.99. The zero-order chi connectivity index (χ0) is 7.49. The summed E-state index contributed by atoms with van der Waals surface area (Å²) in [6, 6.07) is 0. The van der Waals surface area contributed by atoms with E-state index in [2.05, 4.69) is 0 Å². The van der Waals surface area contributed by atoms with Gasteiger partial charge in [-0.25, -0.2) is 0 Å². The second-order valence-corrected chi connectivity index (χ2v) is 3.54. The molecular formula is C5H9F3S. The van der Waals surface area contributed by atoms with E-state index in [1.54, 1.807) is 13.8 Å². The average Bonchev–Trinajstić information content (AvgIpc) is 1.59. The molecule has 0 aliphatic heterocycles. The standard InChI is InChI=1S/C5H9F3S/c1-4(2)9-3-5(6,7)8/h4H,3H2,1-2H3. The van der Waals surface area contributed by atoms with E-state index >= 15 is 0 Å². The van der Waals surface area contributed by atoms with Crippen LogP contribution in [0.25, 0.3) is 0 Å². The number of rotatable bonds is 2. The van der Waals surface area contributed by atoms with Crippen molar-refractivity contribution in [1.82, 2.24) is 0 Å². The quantitative estimate of drug-likeness (QED) is 0.595. The van der Waals surface area contributed by atoms with Gasteiger partial charge in [-0.2, -0.15) is 13.2 Å². The largest absolute Gasteiger partial charge is 0.397 e. The minimum atomic E-state index is -4.01. The number of hydrogen-bond donors (Lipinski definition) is 0. The molecule has 0 amide bonds. The fraction of sp³-hybridized carbons (Fsp3) is 1.00. The first kappa shape index (κ1) is 9.14. The van der Waals surface area contributed by atoms with Crippen LogP contribution < -0.4 is 0 Å². The zero-order valence-electron chi connectivity index (χ0n) is 5.33. The van der Waals surface area contributed by atoms with E-state index in [0.29, 0.717) is 0 Å². The van der Waals surface area contributed by atoms with Crippen molar-refractivity contribution in [3.05, 3.63) is 0 Å². The number of thioether (sulfide) groups is 1. The normalized spacial score (nSPS) is 12.7. The molecule has 56 valence electrons. The van der Waals surface area contributed by atoms with Gasteiger partial charge < -0.3 is 0 Å². The first-order valence-electron chi connectivity index (χ1n) is 2.60. The Hall–Kier alpha value is 0.140. The molecule has 4 heteroatoms. The lowest BCUT2D eigenvalue weighted by atomic mass is 10.6. The summed E-state index contributed by atoms with van der Waals surface area (Å²) in [5.41, 5.74) is 0. The Labute approximate surface area is 56.8 Å². The fourth-order valence-corrected chi connectivity index (χ4v) is 0.783. The smallest absolute Gasteiger partial charge is 0.170 e. The molecule has 0 aliphatic rings. The van der Waals surface area contributed by atoms with Crippen LogP contribution in [-0.4, -0.2) is 17.2 Å². The Morgan fingerprint density at radius 1 is 1.33 bits per heavy atom. The van der Waals surface area contributed by atoms with Gasteiger partial charge >= 0.3 is 6.18 Å². The lowest BCUT2D eigenvalue weighted by molar-refractivity contribution is -0.105. The van der Waals surface area contributed by atoms with E-state index in [1.165, 1.54) is 0 Å². The Morgan fingerprint density at radius 3 is 1.89 bits per heavy atom. The summed E-state index contributed by atoms with van der Waals surface area (Å²) in [6.07, 6.45) is -4.01. The van der Waals surface area contributed by atoms with Crippen LogP contribution in [0.15, 0.2) is 0 Å². The van der Waals surface area contributed by atoms with Crippen LogP contribution in [0.2, 0.25) is 0 Å². The average molecular weight is 158 g/mol. The maximum absolute atomic E-state index is 11.4. The van der Waals surface area contributed by atoms with Crippen molar-refractivity contribution in [1.29, 1.82) is 0 Å². The molecule has 0 rings (SSSR count). The van der Waals surface area contributed by atoms with Gasteiger partial charge in [-0.05, 0) is 5.25 Å². The molecule has 0 unspecified atom stereocenters. The highest BCUT2D eigenvalue weighted by atomic mass is 32.2. The van der Waals surface area contributed by atoms with Gasteiger partial charge in [-0.1, -0.05) is 13.8 Å². The van der Waals surface area contributed by atoms with Gasteiger partial charge in [0.1, 0.15) is 0 Å². The summed E-state index contributed by atoms with van der Waals surface area (Å²) in [7, 11) is 0. The molecule has 0 atom stereocenters. The second kappa shape index (κ2) is 3.34. The van der Waals surface area contributed by atoms with Gasteiger partial charge in [0, 0.05) is 0 Å². The molecule has 0 fully saturated rings. The lowest BCUT2D eigenvalue weighted by Crippen LogP contribution is -2.12. The van der Waals surface area contributed by atoms with Gasteiger partial charge in [-0.3, -0.25) is 0 Å². The van der Waals surface area contributed by atoms with Crippen LogP contribution in [0.5, 0.6) is 0 Å². The molecule has 0 aromatic carbocycles. The molecular weight excluding hydrogens is 149 g/mol. The van der Waals surface area contributed by atoms with Crippen molar-refractivity contribution in [2.24, 2.45) is 0 Å². The van der Waals surface area contributed by atoms with Crippen LogP contribution in [0.1, 0.15) is 13.8 Å². The number of hydrogen-bond acceptors (Lipinski definition) is 1. The van der Waals surface area contributed by atoms with Crippen molar-refractivity contribution in [2.45, 2.75) is 25.3 Å². The number of alkyl halides is 3. The Kier molecular flexibility index (Phi) is 3.40. The summed E-state index contributed by atoms with van der Waals surface area (Å²) in [6.45, 7) is 3.49. The zero-order valence-corrected chi connectivity index (χ0v) is 6.14. The van der Waals surface area contributed by atoms with Crippen molar-refractivity contribution in [3.63, 3.8) is 0 Å².